The van der Waals surface area contributed by atoms with E-state index in [1.807, 2.05) is 62.4 Å². The predicted molar refractivity (Wildman–Crippen MR) is 106 cm³/mol. The molecule has 0 aliphatic carbocycles. The zero-order valence-corrected chi connectivity index (χ0v) is 16.4. The molecule has 5 heteroatoms. The number of hydrogen-bond acceptors (Lipinski definition) is 4. The SMILES string of the molecule is CCOCCc1sc(C(O)c2ccccc2)[n+](C(=O)c2ccccc2)c1C. The molecule has 0 amide bonds. The number of rotatable bonds is 7. The molecule has 1 atom stereocenters. The molecule has 0 aliphatic heterocycles. The molecular weight excluding hydrogens is 358 g/mol. The quantitative estimate of drug-likeness (QED) is 0.501. The average Bonchev–Trinajstić information content (AvgIpc) is 3.04. The van der Waals surface area contributed by atoms with Gasteiger partial charge >= 0.3 is 5.91 Å². The Kier molecular flexibility index (Phi) is 6.50. The molecule has 1 heterocycles. The van der Waals surface area contributed by atoms with Crippen LogP contribution in [-0.4, -0.2) is 24.2 Å². The van der Waals surface area contributed by atoms with Crippen LogP contribution in [0.25, 0.3) is 0 Å². The summed E-state index contributed by atoms with van der Waals surface area (Å²) in [5, 5.41) is 11.6. The van der Waals surface area contributed by atoms with Gasteiger partial charge < -0.3 is 9.84 Å². The second kappa shape index (κ2) is 9.04. The molecule has 0 radical (unpaired) electrons. The number of aliphatic hydroxyl groups excluding tert-OH is 1. The van der Waals surface area contributed by atoms with E-state index in [-0.39, 0.29) is 5.91 Å². The van der Waals surface area contributed by atoms with Crippen LogP contribution in [0.3, 0.4) is 0 Å². The van der Waals surface area contributed by atoms with Crippen molar-refractivity contribution in [1.29, 1.82) is 0 Å². The lowest BCUT2D eigenvalue weighted by molar-refractivity contribution is -0.584. The fourth-order valence-electron chi connectivity index (χ4n) is 3.00. The standard InChI is InChI=1S/C22H24NO3S/c1-3-26-15-14-19-16(2)23(21(25)18-12-8-5-9-13-18)22(27-19)20(24)17-10-6-4-7-11-17/h4-13,20,24H,3,14-15H2,1-2H3/q+1. The van der Waals surface area contributed by atoms with Crippen molar-refractivity contribution in [3.63, 3.8) is 0 Å². The minimum atomic E-state index is -0.858. The largest absolute Gasteiger partial charge is 0.425 e. The van der Waals surface area contributed by atoms with Crippen LogP contribution in [0.15, 0.2) is 60.7 Å². The van der Waals surface area contributed by atoms with Gasteiger partial charge in [0.25, 0.3) is 5.01 Å². The fourth-order valence-corrected chi connectivity index (χ4v) is 4.23. The zero-order chi connectivity index (χ0) is 19.2. The molecule has 4 nitrogen and oxygen atoms in total. The first-order chi connectivity index (χ1) is 13.1. The van der Waals surface area contributed by atoms with E-state index in [1.165, 1.54) is 11.3 Å². The molecule has 140 valence electrons. The summed E-state index contributed by atoms with van der Waals surface area (Å²) in [5.41, 5.74) is 2.23. The van der Waals surface area contributed by atoms with Gasteiger partial charge in [0.05, 0.1) is 17.0 Å². The highest BCUT2D eigenvalue weighted by Crippen LogP contribution is 2.28. The molecular formula is C22H24NO3S+. The number of aromatic nitrogens is 1. The summed E-state index contributed by atoms with van der Waals surface area (Å²) in [6, 6.07) is 18.6. The number of ether oxygens (including phenoxy) is 1. The highest BCUT2D eigenvalue weighted by Gasteiger charge is 2.35. The minimum Gasteiger partial charge on any atom is -0.381 e. The third-order valence-corrected chi connectivity index (χ3v) is 5.80. The monoisotopic (exact) mass is 382 g/mol. The fraction of sp³-hybridized carbons (Fsp3) is 0.273. The number of carbonyl (C=O) groups is 1. The Labute approximate surface area is 163 Å². The van der Waals surface area contributed by atoms with Crippen molar-refractivity contribution in [2.45, 2.75) is 26.4 Å². The summed E-state index contributed by atoms with van der Waals surface area (Å²) in [5.74, 6) is -0.128. The van der Waals surface area contributed by atoms with Crippen LogP contribution >= 0.6 is 11.3 Å². The number of thiazole rings is 1. The van der Waals surface area contributed by atoms with Crippen molar-refractivity contribution in [3.8, 4) is 0 Å². The van der Waals surface area contributed by atoms with Crippen LogP contribution in [0.5, 0.6) is 0 Å². The van der Waals surface area contributed by atoms with Gasteiger partial charge in [-0.2, -0.15) is 0 Å². The molecule has 0 aliphatic rings. The molecule has 1 N–H and O–H groups in total. The molecule has 1 unspecified atom stereocenters. The van der Waals surface area contributed by atoms with E-state index >= 15 is 0 Å². The summed E-state index contributed by atoms with van der Waals surface area (Å²) >= 11 is 1.47. The smallest absolute Gasteiger partial charge is 0.381 e. The number of nitrogens with zero attached hydrogens (tertiary/aromatic N) is 1. The van der Waals surface area contributed by atoms with Gasteiger partial charge in [-0.05, 0) is 24.6 Å². The van der Waals surface area contributed by atoms with Gasteiger partial charge in [-0.15, -0.1) is 4.57 Å². The molecule has 0 saturated carbocycles. The summed E-state index contributed by atoms with van der Waals surface area (Å²) in [6.07, 6.45) is -0.142. The van der Waals surface area contributed by atoms with Crippen molar-refractivity contribution >= 4 is 17.2 Å². The molecule has 3 rings (SSSR count). The van der Waals surface area contributed by atoms with E-state index < -0.39 is 6.10 Å². The van der Waals surface area contributed by atoms with Gasteiger partial charge in [0, 0.05) is 20.0 Å². The summed E-state index contributed by atoms with van der Waals surface area (Å²) in [4.78, 5) is 14.2. The van der Waals surface area contributed by atoms with Crippen LogP contribution < -0.4 is 4.57 Å². The second-order valence-corrected chi connectivity index (χ2v) is 7.33. The Morgan fingerprint density at radius 2 is 1.74 bits per heavy atom. The van der Waals surface area contributed by atoms with Crippen molar-refractivity contribution in [3.05, 3.63) is 87.4 Å². The van der Waals surface area contributed by atoms with Crippen LogP contribution in [0.2, 0.25) is 0 Å². The molecule has 0 saturated heterocycles. The number of benzene rings is 2. The molecule has 0 spiro atoms. The lowest BCUT2D eigenvalue weighted by atomic mass is 10.1. The highest BCUT2D eigenvalue weighted by molar-refractivity contribution is 7.11. The Bertz CT molecular complexity index is 891. The highest BCUT2D eigenvalue weighted by atomic mass is 32.1. The van der Waals surface area contributed by atoms with E-state index in [0.29, 0.717) is 30.2 Å². The Balaban J connectivity index is 2.04. The van der Waals surface area contributed by atoms with Crippen molar-refractivity contribution in [1.82, 2.24) is 0 Å². The lowest BCUT2D eigenvalue weighted by Gasteiger charge is -2.06. The van der Waals surface area contributed by atoms with E-state index in [2.05, 4.69) is 0 Å². The summed E-state index contributed by atoms with van der Waals surface area (Å²) in [6.45, 7) is 5.15. The van der Waals surface area contributed by atoms with Crippen LogP contribution in [-0.2, 0) is 11.2 Å². The topological polar surface area (TPSA) is 50.4 Å². The van der Waals surface area contributed by atoms with Gasteiger partial charge in [-0.3, -0.25) is 0 Å². The maximum atomic E-state index is 13.2. The first-order valence-electron chi connectivity index (χ1n) is 9.08. The Morgan fingerprint density at radius 1 is 1.11 bits per heavy atom. The van der Waals surface area contributed by atoms with Gasteiger partial charge in [0.15, 0.2) is 6.10 Å². The van der Waals surface area contributed by atoms with Crippen molar-refractivity contribution < 1.29 is 19.2 Å². The molecule has 2 aromatic carbocycles. The van der Waals surface area contributed by atoms with Gasteiger partial charge in [0.1, 0.15) is 0 Å². The minimum absolute atomic E-state index is 0.128. The molecule has 0 bridgehead atoms. The average molecular weight is 383 g/mol. The summed E-state index contributed by atoms with van der Waals surface area (Å²) in [7, 11) is 0. The van der Waals surface area contributed by atoms with Crippen LogP contribution in [0.1, 0.15) is 44.5 Å². The van der Waals surface area contributed by atoms with Crippen molar-refractivity contribution in [2.24, 2.45) is 0 Å². The zero-order valence-electron chi connectivity index (χ0n) is 15.6. The van der Waals surface area contributed by atoms with Crippen molar-refractivity contribution in [2.75, 3.05) is 13.2 Å². The second-order valence-electron chi connectivity index (χ2n) is 6.22. The Hall–Kier alpha value is -2.34. The third-order valence-electron chi connectivity index (χ3n) is 4.44. The van der Waals surface area contributed by atoms with Gasteiger partial charge in [-0.1, -0.05) is 59.9 Å². The maximum Gasteiger partial charge on any atom is 0.425 e. The third kappa shape index (κ3) is 4.33. The van der Waals surface area contributed by atoms with E-state index in [0.717, 1.165) is 16.1 Å². The normalized spacial score (nSPS) is 12.1. The van der Waals surface area contributed by atoms with Gasteiger partial charge in [-0.25, -0.2) is 4.79 Å². The molecule has 1 aromatic heterocycles. The number of hydrogen-bond donors (Lipinski definition) is 1. The number of carbonyl (C=O) groups excluding carboxylic acids is 1. The first-order valence-corrected chi connectivity index (χ1v) is 9.89. The van der Waals surface area contributed by atoms with Gasteiger partial charge in [0.2, 0.25) is 5.69 Å². The van der Waals surface area contributed by atoms with Crippen LogP contribution in [0.4, 0.5) is 0 Å². The van der Waals surface area contributed by atoms with E-state index in [9.17, 15) is 9.90 Å². The molecule has 0 fully saturated rings. The van der Waals surface area contributed by atoms with E-state index in [1.54, 1.807) is 16.7 Å². The first kappa shape index (κ1) is 19.4. The Morgan fingerprint density at radius 3 is 2.37 bits per heavy atom. The predicted octanol–water partition coefficient (Wildman–Crippen LogP) is 3.69. The molecule has 3 aromatic rings. The summed E-state index contributed by atoms with van der Waals surface area (Å²) < 4.78 is 7.13. The lowest BCUT2D eigenvalue weighted by Crippen LogP contribution is -2.48. The van der Waals surface area contributed by atoms with Crippen LogP contribution in [0, 0.1) is 6.92 Å². The maximum absolute atomic E-state index is 13.2. The molecule has 27 heavy (non-hydrogen) atoms. The van der Waals surface area contributed by atoms with E-state index in [4.69, 9.17) is 4.74 Å². The number of aliphatic hydroxyl groups is 1.